The average Bonchev–Trinajstić information content (AvgIpc) is 2.18. The summed E-state index contributed by atoms with van der Waals surface area (Å²) in [5.74, 6) is 1.33. The lowest BCUT2D eigenvalue weighted by atomic mass is 10.2. The smallest absolute Gasteiger partial charge is 0.337 e. The van der Waals surface area contributed by atoms with Gasteiger partial charge in [-0.15, -0.1) is 6.42 Å². The van der Waals surface area contributed by atoms with E-state index in [0.29, 0.717) is 5.69 Å². The first-order chi connectivity index (χ1) is 7.06. The highest BCUT2D eigenvalue weighted by molar-refractivity contribution is 6.32. The standard InChI is InChI=1S/C10H8ClNO3/c1-3-4-15-9-8(11)5-7(10(13)14)6(2)12-9/h1,5H,4H2,2H3,(H,13,14). The molecule has 15 heavy (non-hydrogen) atoms. The van der Waals surface area contributed by atoms with E-state index in [2.05, 4.69) is 10.9 Å². The van der Waals surface area contributed by atoms with Crippen molar-refractivity contribution in [1.82, 2.24) is 4.98 Å². The molecule has 0 unspecified atom stereocenters. The Balaban J connectivity index is 3.09. The van der Waals surface area contributed by atoms with Crippen molar-refractivity contribution in [3.05, 3.63) is 22.3 Å². The van der Waals surface area contributed by atoms with Gasteiger partial charge in [-0.1, -0.05) is 17.5 Å². The zero-order chi connectivity index (χ0) is 11.4. The summed E-state index contributed by atoms with van der Waals surface area (Å²) in [5, 5.41) is 8.92. The number of aromatic nitrogens is 1. The highest BCUT2D eigenvalue weighted by atomic mass is 35.5. The van der Waals surface area contributed by atoms with Gasteiger partial charge in [-0.25, -0.2) is 9.78 Å². The van der Waals surface area contributed by atoms with Crippen molar-refractivity contribution in [3.8, 4) is 18.2 Å². The number of carbonyl (C=O) groups is 1. The normalized spacial score (nSPS) is 9.40. The molecule has 4 nitrogen and oxygen atoms in total. The molecule has 0 atom stereocenters. The minimum Gasteiger partial charge on any atom is -0.478 e. The summed E-state index contributed by atoms with van der Waals surface area (Å²) in [6.07, 6.45) is 5.00. The van der Waals surface area contributed by atoms with Crippen molar-refractivity contribution in [2.45, 2.75) is 6.92 Å². The predicted molar refractivity (Wildman–Crippen MR) is 55.3 cm³/mol. The number of rotatable bonds is 3. The third-order valence-corrected chi connectivity index (χ3v) is 1.93. The first-order valence-electron chi connectivity index (χ1n) is 4.03. The lowest BCUT2D eigenvalue weighted by molar-refractivity contribution is 0.0695. The zero-order valence-corrected chi connectivity index (χ0v) is 8.71. The Morgan fingerprint density at radius 2 is 2.47 bits per heavy atom. The number of carboxylic acids is 1. The molecule has 0 aromatic carbocycles. The summed E-state index contributed by atoms with van der Waals surface area (Å²) in [6, 6.07) is 1.29. The molecule has 78 valence electrons. The van der Waals surface area contributed by atoms with Gasteiger partial charge < -0.3 is 9.84 Å². The minimum absolute atomic E-state index is 0.0403. The van der Waals surface area contributed by atoms with Crippen LogP contribution in [0.1, 0.15) is 16.1 Å². The van der Waals surface area contributed by atoms with Crippen LogP contribution < -0.4 is 4.74 Å². The molecule has 0 bridgehead atoms. The fourth-order valence-electron chi connectivity index (χ4n) is 0.987. The highest BCUT2D eigenvalue weighted by Crippen LogP contribution is 2.24. The molecule has 0 saturated carbocycles. The van der Waals surface area contributed by atoms with E-state index in [-0.39, 0.29) is 23.1 Å². The van der Waals surface area contributed by atoms with Crippen molar-refractivity contribution < 1.29 is 14.6 Å². The van der Waals surface area contributed by atoms with Crippen LogP contribution in [0.15, 0.2) is 6.07 Å². The van der Waals surface area contributed by atoms with Gasteiger partial charge in [-0.3, -0.25) is 0 Å². The van der Waals surface area contributed by atoms with Gasteiger partial charge in [0.15, 0.2) is 6.61 Å². The third kappa shape index (κ3) is 2.61. The first kappa shape index (κ1) is 11.3. The number of hydrogen-bond acceptors (Lipinski definition) is 3. The Morgan fingerprint density at radius 3 is 3.00 bits per heavy atom. The van der Waals surface area contributed by atoms with Crippen molar-refractivity contribution in [3.63, 3.8) is 0 Å². The number of ether oxygens (including phenoxy) is 1. The minimum atomic E-state index is -1.08. The number of aromatic carboxylic acids is 1. The molecule has 1 aromatic heterocycles. The molecule has 0 spiro atoms. The monoisotopic (exact) mass is 225 g/mol. The van der Waals surface area contributed by atoms with Crippen LogP contribution in [0.25, 0.3) is 0 Å². The fraction of sp³-hybridized carbons (Fsp3) is 0.200. The van der Waals surface area contributed by atoms with E-state index >= 15 is 0 Å². The molecule has 0 amide bonds. The lowest BCUT2D eigenvalue weighted by Gasteiger charge is -2.06. The van der Waals surface area contributed by atoms with Gasteiger partial charge in [-0.05, 0) is 13.0 Å². The van der Waals surface area contributed by atoms with Crippen molar-refractivity contribution in [1.29, 1.82) is 0 Å². The molecule has 0 aliphatic heterocycles. The first-order valence-corrected chi connectivity index (χ1v) is 4.40. The van der Waals surface area contributed by atoms with Crippen LogP contribution >= 0.6 is 11.6 Å². The maximum atomic E-state index is 10.7. The van der Waals surface area contributed by atoms with E-state index in [0.717, 1.165) is 0 Å². The van der Waals surface area contributed by atoms with Gasteiger partial charge in [0, 0.05) is 0 Å². The van der Waals surface area contributed by atoms with Crippen LogP contribution in [0.3, 0.4) is 0 Å². The van der Waals surface area contributed by atoms with E-state index in [1.807, 2.05) is 0 Å². The molecule has 0 aliphatic rings. The third-order valence-electron chi connectivity index (χ3n) is 1.66. The molecule has 0 fully saturated rings. The second-order valence-electron chi connectivity index (χ2n) is 2.71. The summed E-state index contributed by atoms with van der Waals surface area (Å²) in [4.78, 5) is 14.6. The summed E-state index contributed by atoms with van der Waals surface area (Å²) in [5.41, 5.74) is 0.381. The lowest BCUT2D eigenvalue weighted by Crippen LogP contribution is -2.05. The summed E-state index contributed by atoms with van der Waals surface area (Å²) < 4.78 is 5.03. The number of halogens is 1. The Bertz CT molecular complexity index is 437. The number of pyridine rings is 1. The summed E-state index contributed by atoms with van der Waals surface area (Å²) in [7, 11) is 0. The molecule has 1 aromatic rings. The van der Waals surface area contributed by atoms with Gasteiger partial charge in [0.2, 0.25) is 5.88 Å². The second-order valence-corrected chi connectivity index (χ2v) is 3.11. The molecule has 1 N–H and O–H groups in total. The Kier molecular flexibility index (Phi) is 3.53. The van der Waals surface area contributed by atoms with E-state index < -0.39 is 5.97 Å². The van der Waals surface area contributed by atoms with Gasteiger partial charge in [0.25, 0.3) is 0 Å². The van der Waals surface area contributed by atoms with Crippen LogP contribution in [0.2, 0.25) is 5.02 Å². The summed E-state index contributed by atoms with van der Waals surface area (Å²) in [6.45, 7) is 1.60. The molecule has 0 radical (unpaired) electrons. The number of hydrogen-bond donors (Lipinski definition) is 1. The molecule has 0 saturated heterocycles. The van der Waals surface area contributed by atoms with E-state index in [4.69, 9.17) is 27.9 Å². The number of carboxylic acid groups (broad SMARTS) is 1. The maximum absolute atomic E-state index is 10.7. The zero-order valence-electron chi connectivity index (χ0n) is 7.95. The van der Waals surface area contributed by atoms with Gasteiger partial charge in [0.05, 0.1) is 11.3 Å². The van der Waals surface area contributed by atoms with Gasteiger partial charge >= 0.3 is 5.97 Å². The van der Waals surface area contributed by atoms with Crippen molar-refractivity contribution in [2.75, 3.05) is 6.61 Å². The van der Waals surface area contributed by atoms with Crippen molar-refractivity contribution in [2.24, 2.45) is 0 Å². The molecule has 0 aliphatic carbocycles. The molecule has 1 heterocycles. The molecule has 5 heteroatoms. The SMILES string of the molecule is C#CCOc1nc(C)c(C(=O)O)cc1Cl. The van der Waals surface area contributed by atoms with Crippen LogP contribution in [0, 0.1) is 19.3 Å². The number of aryl methyl sites for hydroxylation is 1. The van der Waals surface area contributed by atoms with E-state index in [9.17, 15) is 4.79 Å². The quantitative estimate of drug-likeness (QED) is 0.797. The van der Waals surface area contributed by atoms with Gasteiger partial charge in [0.1, 0.15) is 5.02 Å². The topological polar surface area (TPSA) is 59.4 Å². The van der Waals surface area contributed by atoms with Crippen LogP contribution in [-0.4, -0.2) is 22.7 Å². The van der Waals surface area contributed by atoms with Gasteiger partial charge in [-0.2, -0.15) is 0 Å². The van der Waals surface area contributed by atoms with E-state index in [1.54, 1.807) is 6.92 Å². The van der Waals surface area contributed by atoms with Crippen LogP contribution in [-0.2, 0) is 0 Å². The highest BCUT2D eigenvalue weighted by Gasteiger charge is 2.13. The molecular weight excluding hydrogens is 218 g/mol. The number of terminal acetylenes is 1. The summed E-state index contributed by atoms with van der Waals surface area (Å²) >= 11 is 5.76. The Labute approximate surface area is 91.8 Å². The number of nitrogens with zero attached hydrogens (tertiary/aromatic N) is 1. The van der Waals surface area contributed by atoms with Crippen molar-refractivity contribution >= 4 is 17.6 Å². The fourth-order valence-corrected chi connectivity index (χ4v) is 1.19. The average molecular weight is 226 g/mol. The second kappa shape index (κ2) is 4.67. The Hall–Kier alpha value is -1.73. The van der Waals surface area contributed by atoms with Crippen LogP contribution in [0.5, 0.6) is 5.88 Å². The molecular formula is C10H8ClNO3. The largest absolute Gasteiger partial charge is 0.478 e. The Morgan fingerprint density at radius 1 is 1.80 bits per heavy atom. The molecule has 1 rings (SSSR count). The van der Waals surface area contributed by atoms with E-state index in [1.165, 1.54) is 6.07 Å². The maximum Gasteiger partial charge on any atom is 0.337 e. The van der Waals surface area contributed by atoms with Crippen LogP contribution in [0.4, 0.5) is 0 Å². The predicted octanol–water partition coefficient (Wildman–Crippen LogP) is 1.75.